The molecule has 0 aliphatic rings. The van der Waals surface area contributed by atoms with Gasteiger partial charge in [-0.3, -0.25) is 9.59 Å². The summed E-state index contributed by atoms with van der Waals surface area (Å²) in [6.45, 7) is 5.17. The normalized spacial score (nSPS) is 12.4. The fraction of sp³-hybridized carbons (Fsp3) is 0.303. The number of ether oxygens (including phenoxy) is 1. The monoisotopic (exact) mass is 586 g/mol. The molecule has 8 nitrogen and oxygen atoms in total. The van der Waals surface area contributed by atoms with E-state index >= 15 is 0 Å². The third-order valence-corrected chi connectivity index (χ3v) is 8.12. The zero-order chi connectivity index (χ0) is 30.1. The first-order valence-electron chi connectivity index (χ1n) is 13.9. The minimum absolute atomic E-state index is 0.197. The molecule has 220 valence electrons. The largest absolute Gasteiger partial charge is 0.497 e. The van der Waals surface area contributed by atoms with E-state index in [0.717, 1.165) is 32.5 Å². The van der Waals surface area contributed by atoms with E-state index < -0.39 is 12.1 Å². The molecule has 0 fully saturated rings. The lowest BCUT2D eigenvalue weighted by Gasteiger charge is -2.25. The number of aliphatic hydroxyl groups excluding tert-OH is 1. The van der Waals surface area contributed by atoms with Crippen molar-refractivity contribution in [2.45, 2.75) is 45.5 Å². The number of carbonyl (C=O) groups is 2. The van der Waals surface area contributed by atoms with Crippen molar-refractivity contribution in [1.82, 2.24) is 20.5 Å². The molecule has 42 heavy (non-hydrogen) atoms. The summed E-state index contributed by atoms with van der Waals surface area (Å²) in [6.07, 6.45) is -0.413. The molecule has 0 aliphatic carbocycles. The number of carbonyl (C=O) groups excluding carboxylic acids is 2. The predicted molar refractivity (Wildman–Crippen MR) is 166 cm³/mol. The van der Waals surface area contributed by atoms with Gasteiger partial charge in [0.2, 0.25) is 0 Å². The van der Waals surface area contributed by atoms with Crippen LogP contribution < -0.4 is 15.4 Å². The van der Waals surface area contributed by atoms with Crippen molar-refractivity contribution in [2.75, 3.05) is 20.7 Å². The number of rotatable bonds is 13. The van der Waals surface area contributed by atoms with Gasteiger partial charge >= 0.3 is 0 Å². The van der Waals surface area contributed by atoms with Gasteiger partial charge in [0.15, 0.2) is 0 Å². The van der Waals surface area contributed by atoms with Gasteiger partial charge in [-0.2, -0.15) is 0 Å². The molecule has 0 aliphatic heterocycles. The lowest BCUT2D eigenvalue weighted by Crippen LogP contribution is -2.48. The van der Waals surface area contributed by atoms with Crippen LogP contribution in [0.3, 0.4) is 0 Å². The smallest absolute Gasteiger partial charge is 0.253 e. The Bertz CT molecular complexity index is 1470. The zero-order valence-corrected chi connectivity index (χ0v) is 25.3. The average molecular weight is 587 g/mol. The van der Waals surface area contributed by atoms with E-state index in [9.17, 15) is 14.7 Å². The maximum Gasteiger partial charge on any atom is 0.253 e. The lowest BCUT2D eigenvalue weighted by atomic mass is 10.00. The molecule has 3 N–H and O–H groups in total. The number of hydrogen-bond acceptors (Lipinski definition) is 7. The lowest BCUT2D eigenvalue weighted by molar-refractivity contribution is 0.0784. The van der Waals surface area contributed by atoms with Crippen LogP contribution >= 0.6 is 11.3 Å². The maximum absolute atomic E-state index is 13.4. The van der Waals surface area contributed by atoms with E-state index in [1.807, 2.05) is 68.4 Å². The Kier molecular flexibility index (Phi) is 10.8. The Morgan fingerprint density at radius 1 is 0.976 bits per heavy atom. The number of thiazole rings is 1. The highest BCUT2D eigenvalue weighted by Crippen LogP contribution is 2.19. The Hall–Kier alpha value is -4.05. The van der Waals surface area contributed by atoms with Crippen LogP contribution in [0, 0.1) is 13.8 Å². The van der Waals surface area contributed by atoms with E-state index in [0.29, 0.717) is 30.6 Å². The highest BCUT2D eigenvalue weighted by atomic mass is 32.1. The predicted octanol–water partition coefficient (Wildman–Crippen LogP) is 4.53. The molecule has 4 rings (SSSR count). The number of aromatic nitrogens is 1. The quantitative estimate of drug-likeness (QED) is 0.213. The van der Waals surface area contributed by atoms with E-state index in [1.54, 1.807) is 54.7 Å². The molecule has 1 heterocycles. The minimum atomic E-state index is -0.860. The number of aryl methyl sites for hydroxylation is 2. The molecule has 1 aromatic heterocycles. The Balaban J connectivity index is 1.42. The summed E-state index contributed by atoms with van der Waals surface area (Å²) in [5.41, 5.74) is 3.75. The fourth-order valence-corrected chi connectivity index (χ4v) is 5.57. The molecule has 9 heteroatoms. The van der Waals surface area contributed by atoms with Gasteiger partial charge < -0.3 is 25.4 Å². The molecule has 4 aromatic rings. The van der Waals surface area contributed by atoms with E-state index in [1.165, 1.54) is 0 Å². The van der Waals surface area contributed by atoms with Crippen molar-refractivity contribution >= 4 is 23.2 Å². The summed E-state index contributed by atoms with van der Waals surface area (Å²) in [5.74, 6) is 0.216. The van der Waals surface area contributed by atoms with Crippen LogP contribution in [0.15, 0.2) is 78.9 Å². The minimum Gasteiger partial charge on any atom is -0.497 e. The SMILES string of the molecule is COc1cccc(CNC[C@@H](O)[C@H](Cc2ccccc2)NC(=O)c2cccc(C(=O)N(C)Cc3nc(C)c(C)s3)c2)c1. The van der Waals surface area contributed by atoms with Crippen LogP contribution in [0.1, 0.15) is 47.4 Å². The van der Waals surface area contributed by atoms with E-state index in [4.69, 9.17) is 4.74 Å². The number of nitrogens with one attached hydrogen (secondary N) is 2. The second-order valence-electron chi connectivity index (χ2n) is 10.3. The third kappa shape index (κ3) is 8.48. The third-order valence-electron chi connectivity index (χ3n) is 7.06. The summed E-state index contributed by atoms with van der Waals surface area (Å²) in [5, 5.41) is 18.3. The van der Waals surface area contributed by atoms with Gasteiger partial charge in [0.1, 0.15) is 10.8 Å². The number of amides is 2. The summed E-state index contributed by atoms with van der Waals surface area (Å²) in [4.78, 5) is 33.8. The summed E-state index contributed by atoms with van der Waals surface area (Å²) >= 11 is 1.58. The van der Waals surface area contributed by atoms with Crippen LogP contribution in [-0.2, 0) is 19.5 Å². The fourth-order valence-electron chi connectivity index (χ4n) is 4.59. The molecule has 0 radical (unpaired) electrons. The molecular formula is C33H38N4O4S. The first-order chi connectivity index (χ1) is 20.2. The number of hydrogen-bond donors (Lipinski definition) is 3. The Labute approximate surface area is 251 Å². The molecule has 0 bridgehead atoms. The van der Waals surface area contributed by atoms with Crippen LogP contribution in [0.5, 0.6) is 5.75 Å². The van der Waals surface area contributed by atoms with Crippen LogP contribution in [-0.4, -0.2) is 59.7 Å². The summed E-state index contributed by atoms with van der Waals surface area (Å²) in [7, 11) is 3.35. The number of benzene rings is 3. The molecule has 0 spiro atoms. The van der Waals surface area contributed by atoms with Crippen LogP contribution in [0.2, 0.25) is 0 Å². The van der Waals surface area contributed by atoms with Gasteiger partial charge in [-0.25, -0.2) is 4.98 Å². The van der Waals surface area contributed by atoms with Crippen LogP contribution in [0.4, 0.5) is 0 Å². The van der Waals surface area contributed by atoms with Gasteiger partial charge in [-0.05, 0) is 61.7 Å². The van der Waals surface area contributed by atoms with Crippen molar-refractivity contribution in [1.29, 1.82) is 0 Å². The van der Waals surface area contributed by atoms with E-state index in [-0.39, 0.29) is 18.4 Å². The maximum atomic E-state index is 13.4. The number of nitrogens with zero attached hydrogens (tertiary/aromatic N) is 2. The first kappa shape index (κ1) is 30.9. The standard InChI is InChI=1S/C33H38N4O4S/c1-22-23(2)42-31(35-22)21-37(3)33(40)27-14-9-13-26(18-27)32(39)36-29(17-24-10-6-5-7-11-24)30(38)20-34-19-25-12-8-15-28(16-25)41-4/h5-16,18,29-30,34,38H,17,19-21H2,1-4H3,(H,36,39)/t29-,30+/m0/s1. The van der Waals surface area contributed by atoms with Crippen molar-refractivity contribution in [3.05, 3.63) is 117 Å². The van der Waals surface area contributed by atoms with Crippen molar-refractivity contribution in [3.63, 3.8) is 0 Å². The molecule has 2 amide bonds. The van der Waals surface area contributed by atoms with Crippen molar-refractivity contribution < 1.29 is 19.4 Å². The van der Waals surface area contributed by atoms with Crippen molar-refractivity contribution in [2.24, 2.45) is 0 Å². The molecule has 2 atom stereocenters. The molecule has 3 aromatic carbocycles. The van der Waals surface area contributed by atoms with Crippen molar-refractivity contribution in [3.8, 4) is 5.75 Å². The summed E-state index contributed by atoms with van der Waals surface area (Å²) in [6, 6.07) is 23.6. The van der Waals surface area contributed by atoms with Gasteiger partial charge in [0.05, 0.1) is 31.5 Å². The Morgan fingerprint density at radius 2 is 1.69 bits per heavy atom. The van der Waals surface area contributed by atoms with Gasteiger partial charge in [-0.1, -0.05) is 48.5 Å². The number of aliphatic hydroxyl groups is 1. The van der Waals surface area contributed by atoms with E-state index in [2.05, 4.69) is 15.6 Å². The molecule has 0 saturated carbocycles. The van der Waals surface area contributed by atoms with Gasteiger partial charge in [0, 0.05) is 36.1 Å². The zero-order valence-electron chi connectivity index (χ0n) is 24.5. The highest BCUT2D eigenvalue weighted by Gasteiger charge is 2.23. The average Bonchev–Trinajstić information content (AvgIpc) is 3.32. The molecule has 0 saturated heterocycles. The second-order valence-corrected chi connectivity index (χ2v) is 11.6. The topological polar surface area (TPSA) is 104 Å². The second kappa shape index (κ2) is 14.7. The molecule has 0 unspecified atom stereocenters. The Morgan fingerprint density at radius 3 is 2.40 bits per heavy atom. The first-order valence-corrected chi connectivity index (χ1v) is 14.7. The highest BCUT2D eigenvalue weighted by molar-refractivity contribution is 7.11. The summed E-state index contributed by atoms with van der Waals surface area (Å²) < 4.78 is 5.29. The van der Waals surface area contributed by atoms with Gasteiger partial charge in [0.25, 0.3) is 11.8 Å². The number of methoxy groups -OCH3 is 1. The molecular weight excluding hydrogens is 548 g/mol. The van der Waals surface area contributed by atoms with Gasteiger partial charge in [-0.15, -0.1) is 11.3 Å². The van der Waals surface area contributed by atoms with Crippen LogP contribution in [0.25, 0.3) is 0 Å².